The Balaban J connectivity index is 0.00000200. The van der Waals surface area contributed by atoms with E-state index in [0.29, 0.717) is 15.7 Å². The molecule has 0 unspecified atom stereocenters. The molecule has 2 aromatic rings. The van der Waals surface area contributed by atoms with E-state index >= 15 is 0 Å². The van der Waals surface area contributed by atoms with Crippen LogP contribution in [0.1, 0.15) is 5.56 Å². The molecule has 0 radical (unpaired) electrons. The van der Waals surface area contributed by atoms with Gasteiger partial charge in [-0.1, -0.05) is 23.2 Å². The lowest BCUT2D eigenvalue weighted by Gasteiger charge is -2.06. The van der Waals surface area contributed by atoms with Crippen molar-refractivity contribution in [1.82, 2.24) is 0 Å². The van der Waals surface area contributed by atoms with E-state index < -0.39 is 0 Å². The number of amides is 1. The Bertz CT molecular complexity index is 600. The standard InChI is InChI=1S/C14H12Cl2N2O.ClH/c1-10-4-6-18(7-5-10)9-14(19)17-13-8-11(15)2-3-12(13)16;/h2-8H,9H2,1H3;1H/p+1. The number of carbonyl (C=O) groups is 1. The van der Waals surface area contributed by atoms with Crippen molar-refractivity contribution in [2.45, 2.75) is 13.5 Å². The first-order valence-electron chi connectivity index (χ1n) is 5.75. The number of hydrogen-bond donors (Lipinski definition) is 1. The first-order chi connectivity index (χ1) is 9.04. The van der Waals surface area contributed by atoms with Gasteiger partial charge in [0, 0.05) is 17.2 Å². The van der Waals surface area contributed by atoms with Gasteiger partial charge in [0.1, 0.15) is 0 Å². The number of halogens is 3. The van der Waals surface area contributed by atoms with Crippen LogP contribution in [0.15, 0.2) is 42.7 Å². The minimum atomic E-state index is -0.155. The van der Waals surface area contributed by atoms with E-state index in [-0.39, 0.29) is 24.9 Å². The zero-order valence-corrected chi connectivity index (χ0v) is 13.1. The van der Waals surface area contributed by atoms with E-state index in [1.807, 2.05) is 31.5 Å². The van der Waals surface area contributed by atoms with Gasteiger partial charge in [-0.15, -0.1) is 12.4 Å². The van der Waals surface area contributed by atoms with Crippen LogP contribution < -0.4 is 9.88 Å². The number of anilines is 1. The minimum absolute atomic E-state index is 0. The second kappa shape index (κ2) is 7.48. The highest BCUT2D eigenvalue weighted by Crippen LogP contribution is 2.25. The van der Waals surface area contributed by atoms with Crippen LogP contribution in [0.4, 0.5) is 5.69 Å². The SMILES string of the molecule is Cc1cc[n+](CC(=O)Nc2cc(Cl)ccc2Cl)cc1.Cl. The molecule has 0 bridgehead atoms. The van der Waals surface area contributed by atoms with Gasteiger partial charge in [0.15, 0.2) is 12.4 Å². The largest absolute Gasteiger partial charge is 0.319 e. The highest BCUT2D eigenvalue weighted by molar-refractivity contribution is 6.35. The number of aryl methyl sites for hydroxylation is 1. The summed E-state index contributed by atoms with van der Waals surface area (Å²) in [4.78, 5) is 11.9. The lowest BCUT2D eigenvalue weighted by Crippen LogP contribution is -2.39. The summed E-state index contributed by atoms with van der Waals surface area (Å²) in [7, 11) is 0. The van der Waals surface area contributed by atoms with Gasteiger partial charge in [-0.2, -0.15) is 4.57 Å². The number of benzene rings is 1. The summed E-state index contributed by atoms with van der Waals surface area (Å²) in [6.07, 6.45) is 3.71. The average Bonchev–Trinajstić information content (AvgIpc) is 2.37. The molecule has 6 heteroatoms. The second-order valence-electron chi connectivity index (χ2n) is 4.22. The van der Waals surface area contributed by atoms with Crippen molar-refractivity contribution in [2.75, 3.05) is 5.32 Å². The third kappa shape index (κ3) is 4.67. The number of carbonyl (C=O) groups excluding carboxylic acids is 1. The summed E-state index contributed by atoms with van der Waals surface area (Å²) in [5.41, 5.74) is 1.67. The van der Waals surface area contributed by atoms with Crippen molar-refractivity contribution in [3.05, 3.63) is 58.3 Å². The van der Waals surface area contributed by atoms with Crippen LogP contribution in [0.3, 0.4) is 0 Å². The number of pyridine rings is 1. The minimum Gasteiger partial charge on any atom is -0.319 e. The molecule has 0 aliphatic rings. The summed E-state index contributed by atoms with van der Waals surface area (Å²) in [5, 5.41) is 3.73. The number of nitrogens with one attached hydrogen (secondary N) is 1. The van der Waals surface area contributed by atoms with Crippen molar-refractivity contribution >= 4 is 47.2 Å². The summed E-state index contributed by atoms with van der Waals surface area (Å²) in [5.74, 6) is -0.155. The first-order valence-corrected chi connectivity index (χ1v) is 6.51. The smallest absolute Gasteiger partial charge is 0.290 e. The van der Waals surface area contributed by atoms with Crippen LogP contribution in [0, 0.1) is 6.92 Å². The molecule has 20 heavy (non-hydrogen) atoms. The fourth-order valence-electron chi connectivity index (χ4n) is 1.59. The lowest BCUT2D eigenvalue weighted by atomic mass is 10.3. The van der Waals surface area contributed by atoms with Crippen molar-refractivity contribution in [3.63, 3.8) is 0 Å². The topological polar surface area (TPSA) is 33.0 Å². The molecule has 1 aromatic carbocycles. The lowest BCUT2D eigenvalue weighted by molar-refractivity contribution is -0.684. The Kier molecular flexibility index (Phi) is 6.27. The first kappa shape index (κ1) is 16.8. The van der Waals surface area contributed by atoms with Crippen LogP contribution in [0.5, 0.6) is 0 Å². The summed E-state index contributed by atoms with van der Waals surface area (Å²) < 4.78 is 1.79. The predicted molar refractivity (Wildman–Crippen MR) is 83.7 cm³/mol. The third-order valence-electron chi connectivity index (χ3n) is 2.59. The van der Waals surface area contributed by atoms with E-state index in [1.165, 1.54) is 0 Å². The summed E-state index contributed by atoms with van der Waals surface area (Å²) in [6, 6.07) is 8.84. The second-order valence-corrected chi connectivity index (χ2v) is 5.06. The monoisotopic (exact) mass is 331 g/mol. The zero-order valence-electron chi connectivity index (χ0n) is 10.8. The average molecular weight is 333 g/mol. The maximum absolute atomic E-state index is 11.9. The normalized spacial score (nSPS) is 9.75. The molecule has 0 aliphatic heterocycles. The molecule has 2 rings (SSSR count). The molecule has 3 nitrogen and oxygen atoms in total. The number of rotatable bonds is 3. The van der Waals surface area contributed by atoms with Crippen LogP contribution in [-0.4, -0.2) is 5.91 Å². The summed E-state index contributed by atoms with van der Waals surface area (Å²) >= 11 is 11.8. The molecule has 0 saturated carbocycles. The fraction of sp³-hybridized carbons (Fsp3) is 0.143. The van der Waals surface area contributed by atoms with Crippen molar-refractivity contribution < 1.29 is 9.36 Å². The quantitative estimate of drug-likeness (QED) is 0.855. The highest BCUT2D eigenvalue weighted by Gasteiger charge is 2.11. The van der Waals surface area contributed by atoms with Crippen molar-refractivity contribution in [1.29, 1.82) is 0 Å². The van der Waals surface area contributed by atoms with Crippen molar-refractivity contribution in [2.24, 2.45) is 0 Å². The Morgan fingerprint density at radius 3 is 2.50 bits per heavy atom. The molecule has 1 N–H and O–H groups in total. The molecule has 0 saturated heterocycles. The Labute approximate surface area is 133 Å². The number of hydrogen-bond acceptors (Lipinski definition) is 1. The Morgan fingerprint density at radius 2 is 1.85 bits per heavy atom. The molecule has 0 aliphatic carbocycles. The maximum Gasteiger partial charge on any atom is 0.290 e. The van der Waals surface area contributed by atoms with Crippen LogP contribution in [-0.2, 0) is 11.3 Å². The van der Waals surface area contributed by atoms with E-state index in [0.717, 1.165) is 5.56 Å². The van der Waals surface area contributed by atoms with Crippen molar-refractivity contribution in [3.8, 4) is 0 Å². The van der Waals surface area contributed by atoms with E-state index in [4.69, 9.17) is 23.2 Å². The van der Waals surface area contributed by atoms with Crippen LogP contribution in [0.2, 0.25) is 10.0 Å². The van der Waals surface area contributed by atoms with Gasteiger partial charge in [-0.25, -0.2) is 0 Å². The van der Waals surface area contributed by atoms with E-state index in [1.54, 1.807) is 22.8 Å². The molecule has 0 atom stereocenters. The predicted octanol–water partition coefficient (Wildman–Crippen LogP) is 3.65. The van der Waals surface area contributed by atoms with Gasteiger partial charge in [0.05, 0.1) is 10.7 Å². The van der Waals surface area contributed by atoms with Gasteiger partial charge in [-0.05, 0) is 30.7 Å². The van der Waals surface area contributed by atoms with Crippen LogP contribution >= 0.6 is 35.6 Å². The number of nitrogens with zero attached hydrogens (tertiary/aromatic N) is 1. The maximum atomic E-state index is 11.9. The van der Waals surface area contributed by atoms with Gasteiger partial charge in [0.25, 0.3) is 5.91 Å². The van der Waals surface area contributed by atoms with Gasteiger partial charge in [0.2, 0.25) is 6.54 Å². The van der Waals surface area contributed by atoms with Gasteiger partial charge in [-0.3, -0.25) is 4.79 Å². The fourth-order valence-corrected chi connectivity index (χ4v) is 1.92. The highest BCUT2D eigenvalue weighted by atomic mass is 35.5. The summed E-state index contributed by atoms with van der Waals surface area (Å²) in [6.45, 7) is 2.22. The molecule has 0 fully saturated rings. The molecule has 0 spiro atoms. The molecule has 1 amide bonds. The molecular weight excluding hydrogens is 319 g/mol. The Morgan fingerprint density at radius 1 is 1.20 bits per heavy atom. The molecular formula is C14H14Cl3N2O+. The van der Waals surface area contributed by atoms with Crippen LogP contribution in [0.25, 0.3) is 0 Å². The molecule has 106 valence electrons. The third-order valence-corrected chi connectivity index (χ3v) is 3.15. The molecule has 1 aromatic heterocycles. The van der Waals surface area contributed by atoms with E-state index in [2.05, 4.69) is 5.32 Å². The Hall–Kier alpha value is -1.29. The van der Waals surface area contributed by atoms with E-state index in [9.17, 15) is 4.79 Å². The van der Waals surface area contributed by atoms with Gasteiger partial charge < -0.3 is 5.32 Å². The zero-order chi connectivity index (χ0) is 13.8. The van der Waals surface area contributed by atoms with Gasteiger partial charge >= 0.3 is 0 Å². The number of aromatic nitrogens is 1. The molecule has 1 heterocycles.